The van der Waals surface area contributed by atoms with Crippen molar-refractivity contribution in [1.29, 1.82) is 0 Å². The highest BCUT2D eigenvalue weighted by atomic mass is 16.2. The lowest BCUT2D eigenvalue weighted by atomic mass is 9.80. The van der Waals surface area contributed by atoms with E-state index in [-0.39, 0.29) is 0 Å². The Morgan fingerprint density at radius 2 is 1.68 bits per heavy atom. The molecular weight excluding hydrogens is 354 g/mol. The molecule has 8 heteroatoms. The fourth-order valence-electron chi connectivity index (χ4n) is 4.73. The molecule has 3 heterocycles. The molecule has 0 atom stereocenters. The number of hydrogen-bond donors (Lipinski definition) is 1. The van der Waals surface area contributed by atoms with Crippen molar-refractivity contribution in [3.05, 3.63) is 11.6 Å². The lowest BCUT2D eigenvalue weighted by Gasteiger charge is -2.36. The quantitative estimate of drug-likeness (QED) is 0.768. The van der Waals surface area contributed by atoms with Gasteiger partial charge in [0, 0.05) is 57.8 Å². The molecule has 1 aromatic heterocycles. The van der Waals surface area contributed by atoms with Crippen LogP contribution in [0.3, 0.4) is 0 Å². The highest BCUT2D eigenvalue weighted by molar-refractivity contribution is 5.78. The first kappa shape index (κ1) is 19.8. The van der Waals surface area contributed by atoms with E-state index in [2.05, 4.69) is 31.5 Å². The van der Waals surface area contributed by atoms with Crippen LogP contribution in [0, 0.1) is 0 Å². The average Bonchev–Trinajstić information content (AvgIpc) is 3.09. The van der Waals surface area contributed by atoms with Crippen LogP contribution in [0.5, 0.6) is 0 Å². The van der Waals surface area contributed by atoms with Crippen LogP contribution < -0.4 is 5.73 Å². The Morgan fingerprint density at radius 1 is 1.00 bits per heavy atom. The van der Waals surface area contributed by atoms with Crippen LogP contribution in [0.4, 0.5) is 0 Å². The second kappa shape index (κ2) is 8.88. The molecule has 2 saturated heterocycles. The molecule has 0 aromatic carbocycles. The van der Waals surface area contributed by atoms with E-state index in [1.54, 1.807) is 0 Å². The van der Waals surface area contributed by atoms with Crippen LogP contribution in [-0.2, 0) is 17.9 Å². The summed E-state index contributed by atoms with van der Waals surface area (Å²) < 4.78 is 2.28. The Hall–Kier alpha value is -1.51. The van der Waals surface area contributed by atoms with Gasteiger partial charge >= 0.3 is 0 Å². The molecule has 0 unspecified atom stereocenters. The normalized spacial score (nSPS) is 27.0. The molecule has 3 aliphatic rings. The summed E-state index contributed by atoms with van der Waals surface area (Å²) in [5.41, 5.74) is 5.95. The molecule has 1 aliphatic carbocycles. The fraction of sp³-hybridized carbons (Fsp3) is 0.850. The predicted octanol–water partition coefficient (Wildman–Crippen LogP) is 0.633. The largest absolute Gasteiger partial charge is 0.342 e. The molecule has 8 nitrogen and oxygen atoms in total. The van der Waals surface area contributed by atoms with E-state index < -0.39 is 0 Å². The lowest BCUT2D eigenvalue weighted by molar-refractivity contribution is -0.133. The van der Waals surface area contributed by atoms with Crippen LogP contribution >= 0.6 is 0 Å². The van der Waals surface area contributed by atoms with Gasteiger partial charge in [-0.2, -0.15) is 0 Å². The number of nitrogens with two attached hydrogens (primary N) is 1. The lowest BCUT2D eigenvalue weighted by Crippen LogP contribution is -2.50. The Bertz CT molecular complexity index is 656. The zero-order valence-electron chi connectivity index (χ0n) is 17.2. The van der Waals surface area contributed by atoms with Crippen molar-refractivity contribution in [1.82, 2.24) is 29.5 Å². The van der Waals surface area contributed by atoms with E-state index in [9.17, 15) is 4.79 Å². The van der Waals surface area contributed by atoms with Gasteiger partial charge in [-0.1, -0.05) is 0 Å². The first-order valence-corrected chi connectivity index (χ1v) is 11.0. The summed E-state index contributed by atoms with van der Waals surface area (Å²) in [5.74, 6) is 2.97. The van der Waals surface area contributed by atoms with Crippen molar-refractivity contribution in [2.45, 2.75) is 64.1 Å². The number of hydrogen-bond acceptors (Lipinski definition) is 6. The SMILES string of the molecule is CCn1c(CN2CCN(CC(=O)N3CCCCC3)CC2)nnc1C1CC(N)C1. The van der Waals surface area contributed by atoms with Crippen molar-refractivity contribution in [2.75, 3.05) is 45.8 Å². The summed E-state index contributed by atoms with van der Waals surface area (Å²) in [6.45, 7) is 10.2. The van der Waals surface area contributed by atoms with Crippen molar-refractivity contribution >= 4 is 5.91 Å². The number of nitrogens with zero attached hydrogens (tertiary/aromatic N) is 6. The first-order chi connectivity index (χ1) is 13.6. The number of likely N-dealkylation sites (tertiary alicyclic amines) is 1. The summed E-state index contributed by atoms with van der Waals surface area (Å²) in [7, 11) is 0. The van der Waals surface area contributed by atoms with Gasteiger partial charge in [0.1, 0.15) is 11.6 Å². The Balaban J connectivity index is 1.26. The first-order valence-electron chi connectivity index (χ1n) is 11.0. The van der Waals surface area contributed by atoms with Crippen LogP contribution in [-0.4, -0.2) is 87.2 Å². The molecule has 3 fully saturated rings. The third-order valence-corrected chi connectivity index (χ3v) is 6.61. The number of piperazine rings is 1. The number of carbonyl (C=O) groups is 1. The summed E-state index contributed by atoms with van der Waals surface area (Å²) >= 11 is 0. The van der Waals surface area contributed by atoms with E-state index in [0.29, 0.717) is 24.4 Å². The minimum atomic E-state index is 0.308. The molecule has 4 rings (SSSR count). The van der Waals surface area contributed by atoms with E-state index in [0.717, 1.165) is 89.7 Å². The van der Waals surface area contributed by atoms with Crippen LogP contribution in [0.2, 0.25) is 0 Å². The molecule has 0 radical (unpaired) electrons. The number of piperidine rings is 1. The maximum atomic E-state index is 12.5. The molecule has 1 amide bonds. The topological polar surface area (TPSA) is 83.5 Å². The standard InChI is InChI=1S/C20H35N7O/c1-2-27-18(22-23-20(27)16-12-17(21)13-16)14-24-8-10-25(11-9-24)15-19(28)26-6-4-3-5-7-26/h16-17H,2-15,21H2,1H3. The zero-order chi connectivity index (χ0) is 19.5. The Labute approximate surface area is 168 Å². The minimum Gasteiger partial charge on any atom is -0.342 e. The maximum absolute atomic E-state index is 12.5. The summed E-state index contributed by atoms with van der Waals surface area (Å²) in [6, 6.07) is 0.330. The summed E-state index contributed by atoms with van der Waals surface area (Å²) in [6.07, 6.45) is 5.64. The van der Waals surface area contributed by atoms with E-state index in [1.807, 2.05) is 4.90 Å². The van der Waals surface area contributed by atoms with Gasteiger partial charge in [-0.05, 0) is 39.0 Å². The van der Waals surface area contributed by atoms with Gasteiger partial charge in [0.05, 0.1) is 13.1 Å². The van der Waals surface area contributed by atoms with Gasteiger partial charge in [0.25, 0.3) is 0 Å². The summed E-state index contributed by atoms with van der Waals surface area (Å²) in [4.78, 5) is 19.3. The van der Waals surface area contributed by atoms with Gasteiger partial charge in [0.2, 0.25) is 5.91 Å². The van der Waals surface area contributed by atoms with Crippen molar-refractivity contribution < 1.29 is 4.79 Å². The molecule has 156 valence electrons. The molecule has 0 bridgehead atoms. The van der Waals surface area contributed by atoms with Crippen LogP contribution in [0.25, 0.3) is 0 Å². The van der Waals surface area contributed by atoms with Gasteiger partial charge in [-0.15, -0.1) is 10.2 Å². The summed E-state index contributed by atoms with van der Waals surface area (Å²) in [5, 5.41) is 8.98. The fourth-order valence-corrected chi connectivity index (χ4v) is 4.73. The highest BCUT2D eigenvalue weighted by Gasteiger charge is 2.32. The van der Waals surface area contributed by atoms with Crippen LogP contribution in [0.15, 0.2) is 0 Å². The Morgan fingerprint density at radius 3 is 2.32 bits per heavy atom. The minimum absolute atomic E-state index is 0.308. The molecule has 0 spiro atoms. The number of rotatable bonds is 6. The molecule has 1 aromatic rings. The highest BCUT2D eigenvalue weighted by Crippen LogP contribution is 2.34. The van der Waals surface area contributed by atoms with E-state index >= 15 is 0 Å². The van der Waals surface area contributed by atoms with Gasteiger partial charge in [0.15, 0.2) is 0 Å². The second-order valence-corrected chi connectivity index (χ2v) is 8.64. The van der Waals surface area contributed by atoms with Crippen molar-refractivity contribution in [3.63, 3.8) is 0 Å². The van der Waals surface area contributed by atoms with Crippen LogP contribution in [0.1, 0.15) is 56.6 Å². The van der Waals surface area contributed by atoms with Gasteiger partial charge in [-0.25, -0.2) is 0 Å². The Kier molecular flexibility index (Phi) is 6.28. The molecule has 1 saturated carbocycles. The third kappa shape index (κ3) is 4.39. The van der Waals surface area contributed by atoms with Crippen molar-refractivity contribution in [2.24, 2.45) is 5.73 Å². The predicted molar refractivity (Wildman–Crippen MR) is 108 cm³/mol. The number of carbonyl (C=O) groups excluding carboxylic acids is 1. The smallest absolute Gasteiger partial charge is 0.236 e. The number of amides is 1. The molecule has 28 heavy (non-hydrogen) atoms. The average molecular weight is 390 g/mol. The van der Waals surface area contributed by atoms with Gasteiger partial charge < -0.3 is 15.2 Å². The molecular formula is C20H35N7O. The third-order valence-electron chi connectivity index (χ3n) is 6.61. The monoisotopic (exact) mass is 389 g/mol. The molecule has 2 N–H and O–H groups in total. The zero-order valence-corrected chi connectivity index (χ0v) is 17.2. The maximum Gasteiger partial charge on any atom is 0.236 e. The number of aromatic nitrogens is 3. The van der Waals surface area contributed by atoms with E-state index in [1.165, 1.54) is 6.42 Å². The second-order valence-electron chi connectivity index (χ2n) is 8.64. The molecule has 2 aliphatic heterocycles. The van der Waals surface area contributed by atoms with Crippen molar-refractivity contribution in [3.8, 4) is 0 Å². The van der Waals surface area contributed by atoms with E-state index in [4.69, 9.17) is 5.73 Å². The van der Waals surface area contributed by atoms with Gasteiger partial charge in [-0.3, -0.25) is 14.6 Å².